The quantitative estimate of drug-likeness (QED) is 0.187. The van der Waals surface area contributed by atoms with Crippen LogP contribution in [0.15, 0.2) is 173 Å². The summed E-state index contributed by atoms with van der Waals surface area (Å²) in [4.78, 5) is 10.6. The third kappa shape index (κ3) is 3.96. The van der Waals surface area contributed by atoms with E-state index in [1.165, 1.54) is 27.1 Å². The maximum atomic E-state index is 6.95. The molecular formula is C48H27N3O2. The standard InChI is InChI=1S/C48H27N3O2/c1-2-14-29(15-3-1)43-47-44(35-20-8-11-24-40(35)53-47)50-48(49-43)36-21-12-16-30-27-38(42-34-19-7-10-23-39(34)52-46(42)41(30)36)51-37-22-9-6-18-32(37)33-26-25-28-13-4-5-17-31(28)45(33)51/h1-27H. The first-order valence-corrected chi connectivity index (χ1v) is 17.8. The summed E-state index contributed by atoms with van der Waals surface area (Å²) in [5.41, 5.74) is 9.91. The molecule has 5 nitrogen and oxygen atoms in total. The Labute approximate surface area is 302 Å². The number of benzene rings is 8. The van der Waals surface area contributed by atoms with Gasteiger partial charge in [0.1, 0.15) is 28.0 Å². The summed E-state index contributed by atoms with van der Waals surface area (Å²) in [5, 5.41) is 9.92. The molecule has 0 saturated heterocycles. The molecule has 5 heteroatoms. The highest BCUT2D eigenvalue weighted by Crippen LogP contribution is 2.46. The van der Waals surface area contributed by atoms with Gasteiger partial charge in [-0.1, -0.05) is 133 Å². The molecule has 0 atom stereocenters. The van der Waals surface area contributed by atoms with Gasteiger partial charge in [0.15, 0.2) is 11.4 Å². The van der Waals surface area contributed by atoms with Gasteiger partial charge in [0.2, 0.25) is 0 Å². The van der Waals surface area contributed by atoms with Gasteiger partial charge in [-0.2, -0.15) is 0 Å². The number of furan rings is 2. The summed E-state index contributed by atoms with van der Waals surface area (Å²) in [7, 11) is 0. The first kappa shape index (κ1) is 28.5. The van der Waals surface area contributed by atoms with Gasteiger partial charge in [-0.05, 0) is 41.1 Å². The Bertz CT molecular complexity index is 3460. The number of nitrogens with zero attached hydrogens (tertiary/aromatic N) is 3. The van der Waals surface area contributed by atoms with E-state index in [1.54, 1.807) is 0 Å². The fraction of sp³-hybridized carbons (Fsp3) is 0. The van der Waals surface area contributed by atoms with E-state index >= 15 is 0 Å². The fourth-order valence-corrected chi connectivity index (χ4v) is 8.49. The fourth-order valence-electron chi connectivity index (χ4n) is 8.49. The van der Waals surface area contributed by atoms with Gasteiger partial charge in [0.25, 0.3) is 0 Å². The monoisotopic (exact) mass is 677 g/mol. The van der Waals surface area contributed by atoms with Crippen LogP contribution in [-0.2, 0) is 0 Å². The normalized spacial score (nSPS) is 12.2. The van der Waals surface area contributed by atoms with Crippen molar-refractivity contribution in [2.24, 2.45) is 0 Å². The van der Waals surface area contributed by atoms with Crippen molar-refractivity contribution in [1.29, 1.82) is 0 Å². The van der Waals surface area contributed by atoms with E-state index in [0.29, 0.717) is 11.4 Å². The lowest BCUT2D eigenvalue weighted by Gasteiger charge is -2.15. The molecule has 0 aliphatic rings. The first-order chi connectivity index (χ1) is 26.3. The van der Waals surface area contributed by atoms with Crippen LogP contribution in [0.1, 0.15) is 0 Å². The lowest BCUT2D eigenvalue weighted by atomic mass is 9.98. The number of fused-ring (bicyclic) bond motifs is 13. The average molecular weight is 678 g/mol. The highest BCUT2D eigenvalue weighted by Gasteiger charge is 2.24. The van der Waals surface area contributed by atoms with Crippen LogP contribution in [0.3, 0.4) is 0 Å². The SMILES string of the molecule is c1ccc(-c2nc(-c3cccc4cc(-n5c6ccccc6c6ccc7ccccc7c65)c5c6ccccc6oc5c34)nc3c2oc2ccccc23)cc1. The second-order valence-corrected chi connectivity index (χ2v) is 13.7. The van der Waals surface area contributed by atoms with Crippen LogP contribution in [0.4, 0.5) is 0 Å². The van der Waals surface area contributed by atoms with Crippen LogP contribution in [0.25, 0.3) is 116 Å². The van der Waals surface area contributed by atoms with E-state index in [4.69, 9.17) is 18.8 Å². The third-order valence-corrected chi connectivity index (χ3v) is 10.8. The summed E-state index contributed by atoms with van der Waals surface area (Å²) in [5.74, 6) is 0.617. The summed E-state index contributed by atoms with van der Waals surface area (Å²) in [6.45, 7) is 0. The number of para-hydroxylation sites is 3. The van der Waals surface area contributed by atoms with Crippen molar-refractivity contribution in [2.45, 2.75) is 0 Å². The number of rotatable bonds is 3. The van der Waals surface area contributed by atoms with Crippen LogP contribution in [-0.4, -0.2) is 14.5 Å². The molecule has 12 rings (SSSR count). The molecule has 0 aliphatic carbocycles. The summed E-state index contributed by atoms with van der Waals surface area (Å²) >= 11 is 0. The van der Waals surface area contributed by atoms with Crippen molar-refractivity contribution >= 4 is 87.4 Å². The summed E-state index contributed by atoms with van der Waals surface area (Å²) in [6.07, 6.45) is 0. The van der Waals surface area contributed by atoms with Gasteiger partial charge < -0.3 is 13.4 Å². The van der Waals surface area contributed by atoms with Crippen molar-refractivity contribution < 1.29 is 8.83 Å². The van der Waals surface area contributed by atoms with E-state index in [2.05, 4.69) is 126 Å². The minimum Gasteiger partial charge on any atom is -0.455 e. The van der Waals surface area contributed by atoms with Gasteiger partial charge in [-0.25, -0.2) is 9.97 Å². The predicted molar refractivity (Wildman–Crippen MR) is 217 cm³/mol. The zero-order valence-electron chi connectivity index (χ0n) is 28.2. The van der Waals surface area contributed by atoms with Crippen molar-refractivity contribution in [3.05, 3.63) is 164 Å². The van der Waals surface area contributed by atoms with Crippen molar-refractivity contribution in [3.8, 4) is 28.3 Å². The molecule has 12 aromatic rings. The zero-order valence-corrected chi connectivity index (χ0v) is 28.2. The molecule has 0 spiro atoms. The second kappa shape index (κ2) is 10.6. The molecule has 0 N–H and O–H groups in total. The van der Waals surface area contributed by atoms with Crippen molar-refractivity contribution in [2.75, 3.05) is 0 Å². The molecule has 0 radical (unpaired) electrons. The van der Waals surface area contributed by atoms with Crippen LogP contribution in [0.5, 0.6) is 0 Å². The van der Waals surface area contributed by atoms with Gasteiger partial charge >= 0.3 is 0 Å². The Balaban J connectivity index is 1.24. The molecule has 0 unspecified atom stereocenters. The molecule has 8 aromatic carbocycles. The summed E-state index contributed by atoms with van der Waals surface area (Å²) in [6, 6.07) is 57.2. The molecule has 0 fully saturated rings. The van der Waals surface area contributed by atoms with Gasteiger partial charge in [-0.3, -0.25) is 0 Å². The maximum absolute atomic E-state index is 6.95. The molecule has 4 heterocycles. The molecule has 0 aliphatic heterocycles. The Morgan fingerprint density at radius 2 is 1.13 bits per heavy atom. The predicted octanol–water partition coefficient (Wildman–Crippen LogP) is 13.0. The maximum Gasteiger partial charge on any atom is 0.180 e. The van der Waals surface area contributed by atoms with E-state index < -0.39 is 0 Å². The van der Waals surface area contributed by atoms with Gasteiger partial charge in [0, 0.05) is 43.4 Å². The lowest BCUT2D eigenvalue weighted by Crippen LogP contribution is -1.98. The Hall–Kier alpha value is -7.24. The minimum absolute atomic E-state index is 0.617. The number of hydrogen-bond donors (Lipinski definition) is 0. The highest BCUT2D eigenvalue weighted by atomic mass is 16.3. The number of aromatic nitrogens is 3. The zero-order chi connectivity index (χ0) is 34.6. The summed E-state index contributed by atoms with van der Waals surface area (Å²) < 4.78 is 15.8. The van der Waals surface area contributed by atoms with E-state index in [1.807, 2.05) is 42.5 Å². The largest absolute Gasteiger partial charge is 0.455 e. The van der Waals surface area contributed by atoms with Gasteiger partial charge in [-0.15, -0.1) is 0 Å². The third-order valence-electron chi connectivity index (χ3n) is 10.8. The van der Waals surface area contributed by atoms with Crippen LogP contribution in [0, 0.1) is 0 Å². The van der Waals surface area contributed by atoms with E-state index in [0.717, 1.165) is 77.2 Å². The van der Waals surface area contributed by atoms with Crippen LogP contribution < -0.4 is 0 Å². The Morgan fingerprint density at radius 1 is 0.453 bits per heavy atom. The highest BCUT2D eigenvalue weighted by molar-refractivity contribution is 6.25. The molecule has 0 bridgehead atoms. The van der Waals surface area contributed by atoms with Crippen LogP contribution in [0.2, 0.25) is 0 Å². The van der Waals surface area contributed by atoms with Crippen molar-refractivity contribution in [1.82, 2.24) is 14.5 Å². The Kier molecular flexibility index (Phi) is 5.71. The minimum atomic E-state index is 0.617. The van der Waals surface area contributed by atoms with E-state index in [9.17, 15) is 0 Å². The van der Waals surface area contributed by atoms with Crippen molar-refractivity contribution in [3.63, 3.8) is 0 Å². The first-order valence-electron chi connectivity index (χ1n) is 17.8. The second-order valence-electron chi connectivity index (χ2n) is 13.7. The van der Waals surface area contributed by atoms with Crippen LogP contribution >= 0.6 is 0 Å². The topological polar surface area (TPSA) is 57.0 Å². The molecule has 0 amide bonds. The van der Waals surface area contributed by atoms with E-state index in [-0.39, 0.29) is 0 Å². The Morgan fingerprint density at radius 3 is 2.00 bits per heavy atom. The molecule has 4 aromatic heterocycles. The molecule has 246 valence electrons. The smallest absolute Gasteiger partial charge is 0.180 e. The average Bonchev–Trinajstić information content (AvgIpc) is 3.90. The molecule has 53 heavy (non-hydrogen) atoms. The molecule has 0 saturated carbocycles. The lowest BCUT2D eigenvalue weighted by molar-refractivity contribution is 0.667. The van der Waals surface area contributed by atoms with Gasteiger partial charge in [0.05, 0.1) is 22.1 Å². The molecular weight excluding hydrogens is 651 g/mol. The number of hydrogen-bond acceptors (Lipinski definition) is 4.